The molecule has 72 valence electrons. The topological polar surface area (TPSA) is 45.4 Å². The minimum Gasteiger partial charge on any atom is -0.465 e. The molecule has 1 aliphatic rings. The zero-order valence-electron chi connectivity index (χ0n) is 7.22. The van der Waals surface area contributed by atoms with Crippen molar-refractivity contribution < 1.29 is 9.52 Å². The molecular formula is C9H12BrNO2. The molecule has 0 spiro atoms. The molecule has 2 rings (SSSR count). The van der Waals surface area contributed by atoms with Crippen LogP contribution in [0.1, 0.15) is 18.6 Å². The Morgan fingerprint density at radius 1 is 1.46 bits per heavy atom. The van der Waals surface area contributed by atoms with E-state index >= 15 is 0 Å². The Hall–Kier alpha value is -0.320. The minimum absolute atomic E-state index is 0.661. The highest BCUT2D eigenvalue weighted by Gasteiger charge is 2.35. The maximum Gasteiger partial charge on any atom is 0.149 e. The highest BCUT2D eigenvalue weighted by molar-refractivity contribution is 9.10. The predicted octanol–water partition coefficient (Wildman–Crippen LogP) is 1.61. The lowest BCUT2D eigenvalue weighted by Crippen LogP contribution is -2.39. The van der Waals surface area contributed by atoms with Gasteiger partial charge in [0.1, 0.15) is 11.4 Å². The van der Waals surface area contributed by atoms with Crippen LogP contribution < -0.4 is 5.32 Å². The Bertz CT molecular complexity index is 292. The van der Waals surface area contributed by atoms with Crippen molar-refractivity contribution in [3.05, 3.63) is 22.6 Å². The highest BCUT2D eigenvalue weighted by atomic mass is 79.9. The molecule has 1 aromatic rings. The van der Waals surface area contributed by atoms with Crippen molar-refractivity contribution in [2.45, 2.75) is 18.4 Å². The molecule has 1 fully saturated rings. The molecule has 0 atom stereocenters. The first kappa shape index (κ1) is 9.24. The van der Waals surface area contributed by atoms with Gasteiger partial charge in [-0.1, -0.05) is 0 Å². The van der Waals surface area contributed by atoms with E-state index in [0.29, 0.717) is 18.6 Å². The molecule has 0 aliphatic carbocycles. The van der Waals surface area contributed by atoms with Gasteiger partial charge in [0.2, 0.25) is 0 Å². The first-order valence-electron chi connectivity index (χ1n) is 4.39. The molecule has 0 unspecified atom stereocenters. The summed E-state index contributed by atoms with van der Waals surface area (Å²) in [4.78, 5) is 0. The number of piperidine rings is 1. The van der Waals surface area contributed by atoms with E-state index in [9.17, 15) is 5.11 Å². The van der Waals surface area contributed by atoms with Crippen LogP contribution >= 0.6 is 15.9 Å². The van der Waals surface area contributed by atoms with Gasteiger partial charge in [-0.2, -0.15) is 0 Å². The Kier molecular flexibility index (Phi) is 2.45. The van der Waals surface area contributed by atoms with Crippen LogP contribution in [-0.2, 0) is 5.60 Å². The second-order valence-electron chi connectivity index (χ2n) is 3.38. The van der Waals surface area contributed by atoms with Crippen LogP contribution in [0.3, 0.4) is 0 Å². The lowest BCUT2D eigenvalue weighted by atomic mass is 9.90. The van der Waals surface area contributed by atoms with Gasteiger partial charge < -0.3 is 14.8 Å². The molecule has 0 radical (unpaired) electrons. The molecular weight excluding hydrogens is 234 g/mol. The van der Waals surface area contributed by atoms with Crippen LogP contribution in [0.2, 0.25) is 0 Å². The largest absolute Gasteiger partial charge is 0.465 e. The highest BCUT2D eigenvalue weighted by Crippen LogP contribution is 2.35. The van der Waals surface area contributed by atoms with Crippen molar-refractivity contribution in [2.75, 3.05) is 13.1 Å². The standard InChI is InChI=1S/C9H12BrNO2/c10-7-1-6-13-8(7)9(12)2-4-11-5-3-9/h1,6,11-12H,2-5H2. The summed E-state index contributed by atoms with van der Waals surface area (Å²) in [6.45, 7) is 1.67. The average molecular weight is 246 g/mol. The Balaban J connectivity index is 2.27. The lowest BCUT2D eigenvalue weighted by Gasteiger charge is -2.30. The van der Waals surface area contributed by atoms with Gasteiger partial charge in [-0.05, 0) is 47.9 Å². The summed E-state index contributed by atoms with van der Waals surface area (Å²) in [6.07, 6.45) is 3.01. The quantitative estimate of drug-likeness (QED) is 0.791. The number of hydrogen-bond acceptors (Lipinski definition) is 3. The summed E-state index contributed by atoms with van der Waals surface area (Å²) >= 11 is 3.36. The van der Waals surface area contributed by atoms with Gasteiger partial charge in [-0.25, -0.2) is 0 Å². The Morgan fingerprint density at radius 2 is 2.15 bits per heavy atom. The van der Waals surface area contributed by atoms with E-state index in [-0.39, 0.29) is 0 Å². The third-order valence-electron chi connectivity index (χ3n) is 2.47. The summed E-state index contributed by atoms with van der Waals surface area (Å²) in [5.41, 5.74) is -0.784. The van der Waals surface area contributed by atoms with Gasteiger partial charge in [0.15, 0.2) is 0 Å². The molecule has 13 heavy (non-hydrogen) atoms. The molecule has 1 saturated heterocycles. The number of hydrogen-bond donors (Lipinski definition) is 2. The van der Waals surface area contributed by atoms with Crippen molar-refractivity contribution in [3.8, 4) is 0 Å². The van der Waals surface area contributed by atoms with Crippen LogP contribution in [0.5, 0.6) is 0 Å². The summed E-state index contributed by atoms with van der Waals surface area (Å²) in [7, 11) is 0. The molecule has 0 saturated carbocycles. The molecule has 2 heterocycles. The van der Waals surface area contributed by atoms with Crippen molar-refractivity contribution in [1.82, 2.24) is 5.32 Å². The molecule has 0 amide bonds. The first-order valence-corrected chi connectivity index (χ1v) is 5.18. The molecule has 1 aromatic heterocycles. The maximum atomic E-state index is 10.2. The van der Waals surface area contributed by atoms with Crippen molar-refractivity contribution in [2.24, 2.45) is 0 Å². The summed E-state index contributed by atoms with van der Waals surface area (Å²) in [5, 5.41) is 13.5. The molecule has 0 bridgehead atoms. The smallest absolute Gasteiger partial charge is 0.149 e. The minimum atomic E-state index is -0.784. The van der Waals surface area contributed by atoms with Gasteiger partial charge in [-0.15, -0.1) is 0 Å². The van der Waals surface area contributed by atoms with Crippen LogP contribution in [-0.4, -0.2) is 18.2 Å². The van der Waals surface area contributed by atoms with E-state index < -0.39 is 5.60 Å². The van der Waals surface area contributed by atoms with E-state index in [2.05, 4.69) is 21.2 Å². The fraction of sp³-hybridized carbons (Fsp3) is 0.556. The first-order chi connectivity index (χ1) is 6.22. The van der Waals surface area contributed by atoms with E-state index in [1.54, 1.807) is 6.26 Å². The normalized spacial score (nSPS) is 21.7. The summed E-state index contributed by atoms with van der Waals surface area (Å²) < 4.78 is 6.14. The van der Waals surface area contributed by atoms with E-state index in [1.807, 2.05) is 6.07 Å². The van der Waals surface area contributed by atoms with Crippen molar-refractivity contribution >= 4 is 15.9 Å². The van der Waals surface area contributed by atoms with Crippen LogP contribution in [0.25, 0.3) is 0 Å². The fourth-order valence-corrected chi connectivity index (χ4v) is 2.26. The molecule has 3 nitrogen and oxygen atoms in total. The number of rotatable bonds is 1. The van der Waals surface area contributed by atoms with Crippen LogP contribution in [0, 0.1) is 0 Å². The van der Waals surface area contributed by atoms with Crippen molar-refractivity contribution in [3.63, 3.8) is 0 Å². The van der Waals surface area contributed by atoms with E-state index in [4.69, 9.17) is 4.42 Å². The van der Waals surface area contributed by atoms with Gasteiger partial charge in [0.25, 0.3) is 0 Å². The molecule has 1 aliphatic heterocycles. The molecule has 0 aromatic carbocycles. The van der Waals surface area contributed by atoms with Gasteiger partial charge in [0, 0.05) is 0 Å². The summed E-state index contributed by atoms with van der Waals surface area (Å²) in [6, 6.07) is 1.81. The number of aliphatic hydroxyl groups is 1. The Morgan fingerprint density at radius 3 is 2.69 bits per heavy atom. The molecule has 2 N–H and O–H groups in total. The van der Waals surface area contributed by atoms with Crippen molar-refractivity contribution in [1.29, 1.82) is 0 Å². The number of furan rings is 1. The van der Waals surface area contributed by atoms with E-state index in [0.717, 1.165) is 17.6 Å². The van der Waals surface area contributed by atoms with Gasteiger partial charge in [0.05, 0.1) is 10.7 Å². The monoisotopic (exact) mass is 245 g/mol. The van der Waals surface area contributed by atoms with Crippen LogP contribution in [0.4, 0.5) is 0 Å². The second-order valence-corrected chi connectivity index (χ2v) is 4.23. The number of halogens is 1. The number of nitrogens with one attached hydrogen (secondary N) is 1. The zero-order valence-corrected chi connectivity index (χ0v) is 8.80. The van der Waals surface area contributed by atoms with Gasteiger partial charge in [-0.3, -0.25) is 0 Å². The second kappa shape index (κ2) is 3.44. The average Bonchev–Trinajstić information content (AvgIpc) is 2.53. The summed E-state index contributed by atoms with van der Waals surface area (Å²) in [5.74, 6) is 0.661. The zero-order chi connectivity index (χ0) is 9.31. The lowest BCUT2D eigenvalue weighted by molar-refractivity contribution is -0.0145. The van der Waals surface area contributed by atoms with Crippen LogP contribution in [0.15, 0.2) is 21.2 Å². The molecule has 4 heteroatoms. The maximum absolute atomic E-state index is 10.2. The fourth-order valence-electron chi connectivity index (χ4n) is 1.69. The third-order valence-corrected chi connectivity index (χ3v) is 3.10. The van der Waals surface area contributed by atoms with Gasteiger partial charge >= 0.3 is 0 Å². The predicted molar refractivity (Wildman–Crippen MR) is 52.4 cm³/mol. The van der Waals surface area contributed by atoms with E-state index in [1.165, 1.54) is 0 Å². The third kappa shape index (κ3) is 1.66. The Labute approximate surface area is 85.3 Å². The SMILES string of the molecule is OC1(c2occc2Br)CCNCC1.